The van der Waals surface area contributed by atoms with E-state index in [1.807, 2.05) is 59.4 Å². The maximum absolute atomic E-state index is 6.05. The summed E-state index contributed by atoms with van der Waals surface area (Å²) in [5, 5.41) is 8.45. The molecule has 0 radical (unpaired) electrons. The highest BCUT2D eigenvalue weighted by Crippen LogP contribution is 2.24. The molecule has 1 heterocycles. The van der Waals surface area contributed by atoms with Crippen LogP contribution in [0.4, 0.5) is 5.69 Å². The standard InChI is InChI=1S/C16H13BrClN3/c17-14-7-6-13(18)10-12(14)11-19-15-4-1-2-5-16(15)21-9-3-8-20-21/h1-10,19H,11H2. The number of anilines is 1. The summed E-state index contributed by atoms with van der Waals surface area (Å²) in [6, 6.07) is 15.8. The molecule has 0 aliphatic carbocycles. The second-order valence-corrected chi connectivity index (χ2v) is 5.85. The van der Waals surface area contributed by atoms with Crippen LogP contribution in [-0.4, -0.2) is 9.78 Å². The lowest BCUT2D eigenvalue weighted by Crippen LogP contribution is -2.05. The highest BCUT2D eigenvalue weighted by molar-refractivity contribution is 9.10. The van der Waals surface area contributed by atoms with Crippen molar-refractivity contribution in [3.05, 3.63) is 76.0 Å². The molecule has 3 nitrogen and oxygen atoms in total. The van der Waals surface area contributed by atoms with Crippen LogP contribution in [0.3, 0.4) is 0 Å². The Bertz CT molecular complexity index is 741. The van der Waals surface area contributed by atoms with E-state index in [1.54, 1.807) is 6.20 Å². The molecule has 2 aromatic carbocycles. The maximum atomic E-state index is 6.05. The zero-order valence-corrected chi connectivity index (χ0v) is 13.5. The third-order valence-electron chi connectivity index (χ3n) is 3.13. The summed E-state index contributed by atoms with van der Waals surface area (Å²) in [6.45, 7) is 0.680. The van der Waals surface area contributed by atoms with Gasteiger partial charge in [0.1, 0.15) is 0 Å². The second-order valence-electron chi connectivity index (χ2n) is 4.56. The molecule has 1 aromatic heterocycles. The maximum Gasteiger partial charge on any atom is 0.0876 e. The summed E-state index contributed by atoms with van der Waals surface area (Å²) < 4.78 is 2.88. The van der Waals surface area contributed by atoms with Crippen LogP contribution >= 0.6 is 27.5 Å². The molecule has 5 heteroatoms. The molecule has 0 bridgehead atoms. The minimum absolute atomic E-state index is 0.680. The van der Waals surface area contributed by atoms with Crippen molar-refractivity contribution in [2.24, 2.45) is 0 Å². The minimum Gasteiger partial charge on any atom is -0.379 e. The number of rotatable bonds is 4. The average molecular weight is 363 g/mol. The van der Waals surface area contributed by atoms with Crippen molar-refractivity contribution in [1.82, 2.24) is 9.78 Å². The summed E-state index contributed by atoms with van der Waals surface area (Å²) in [7, 11) is 0. The quantitative estimate of drug-likeness (QED) is 0.715. The number of nitrogens with zero attached hydrogens (tertiary/aromatic N) is 2. The summed E-state index contributed by atoms with van der Waals surface area (Å²) in [4.78, 5) is 0. The van der Waals surface area contributed by atoms with Crippen molar-refractivity contribution >= 4 is 33.2 Å². The molecule has 0 aliphatic heterocycles. The van der Waals surface area contributed by atoms with E-state index < -0.39 is 0 Å². The van der Waals surface area contributed by atoms with E-state index in [-0.39, 0.29) is 0 Å². The molecule has 21 heavy (non-hydrogen) atoms. The van der Waals surface area contributed by atoms with Crippen molar-refractivity contribution in [3.8, 4) is 5.69 Å². The zero-order valence-electron chi connectivity index (χ0n) is 11.1. The number of halogens is 2. The molecule has 0 spiro atoms. The van der Waals surface area contributed by atoms with Crippen LogP contribution in [0.25, 0.3) is 5.69 Å². The van der Waals surface area contributed by atoms with Gasteiger partial charge in [0.2, 0.25) is 0 Å². The van der Waals surface area contributed by atoms with Gasteiger partial charge in [0.05, 0.1) is 11.4 Å². The van der Waals surface area contributed by atoms with Gasteiger partial charge >= 0.3 is 0 Å². The zero-order chi connectivity index (χ0) is 14.7. The van der Waals surface area contributed by atoms with Gasteiger partial charge in [0, 0.05) is 28.4 Å². The van der Waals surface area contributed by atoms with E-state index in [1.165, 1.54) is 0 Å². The van der Waals surface area contributed by atoms with Gasteiger partial charge in [0.15, 0.2) is 0 Å². The molecule has 3 aromatic rings. The fourth-order valence-electron chi connectivity index (χ4n) is 2.10. The fourth-order valence-corrected chi connectivity index (χ4v) is 2.68. The van der Waals surface area contributed by atoms with Crippen molar-refractivity contribution in [2.75, 3.05) is 5.32 Å². The van der Waals surface area contributed by atoms with Gasteiger partial charge in [-0.3, -0.25) is 0 Å². The number of aromatic nitrogens is 2. The number of para-hydroxylation sites is 2. The molecule has 0 fully saturated rings. The van der Waals surface area contributed by atoms with Gasteiger partial charge in [-0.25, -0.2) is 4.68 Å². The first-order valence-electron chi connectivity index (χ1n) is 6.51. The second kappa shape index (κ2) is 6.33. The lowest BCUT2D eigenvalue weighted by atomic mass is 10.2. The van der Waals surface area contributed by atoms with E-state index >= 15 is 0 Å². The number of hydrogen-bond donors (Lipinski definition) is 1. The van der Waals surface area contributed by atoms with Crippen molar-refractivity contribution < 1.29 is 0 Å². The molecule has 0 amide bonds. The Morgan fingerprint density at radius 3 is 2.81 bits per heavy atom. The lowest BCUT2D eigenvalue weighted by Gasteiger charge is -2.13. The summed E-state index contributed by atoms with van der Waals surface area (Å²) in [6.07, 6.45) is 3.69. The van der Waals surface area contributed by atoms with Gasteiger partial charge in [-0.1, -0.05) is 39.7 Å². The van der Waals surface area contributed by atoms with Crippen LogP contribution in [0.2, 0.25) is 5.02 Å². The number of nitrogens with one attached hydrogen (secondary N) is 1. The normalized spacial score (nSPS) is 10.6. The molecule has 0 saturated heterocycles. The summed E-state index contributed by atoms with van der Waals surface area (Å²) in [5.74, 6) is 0. The molecular weight excluding hydrogens is 350 g/mol. The molecule has 1 N–H and O–H groups in total. The minimum atomic E-state index is 0.680. The Balaban J connectivity index is 1.84. The average Bonchev–Trinajstić information content (AvgIpc) is 3.03. The predicted octanol–water partition coefficient (Wildman–Crippen LogP) is 4.90. The SMILES string of the molecule is Clc1ccc(Br)c(CNc2ccccc2-n2cccn2)c1. The molecular formula is C16H13BrClN3. The Morgan fingerprint density at radius 1 is 1.14 bits per heavy atom. The van der Waals surface area contributed by atoms with Crippen molar-refractivity contribution in [1.29, 1.82) is 0 Å². The first-order valence-corrected chi connectivity index (χ1v) is 7.68. The Morgan fingerprint density at radius 2 is 2.00 bits per heavy atom. The molecule has 0 aliphatic rings. The molecule has 0 unspecified atom stereocenters. The van der Waals surface area contributed by atoms with Crippen LogP contribution < -0.4 is 5.32 Å². The Kier molecular flexibility index (Phi) is 4.27. The van der Waals surface area contributed by atoms with Gasteiger partial charge in [-0.05, 0) is 42.0 Å². The highest BCUT2D eigenvalue weighted by atomic mass is 79.9. The fraction of sp³-hybridized carbons (Fsp3) is 0.0625. The number of benzene rings is 2. The first-order chi connectivity index (χ1) is 10.2. The van der Waals surface area contributed by atoms with E-state index in [0.717, 1.165) is 26.4 Å². The van der Waals surface area contributed by atoms with Crippen molar-refractivity contribution in [3.63, 3.8) is 0 Å². The van der Waals surface area contributed by atoms with Gasteiger partial charge in [0.25, 0.3) is 0 Å². The van der Waals surface area contributed by atoms with E-state index in [2.05, 4.69) is 26.3 Å². The summed E-state index contributed by atoms with van der Waals surface area (Å²) in [5.41, 5.74) is 3.14. The summed E-state index contributed by atoms with van der Waals surface area (Å²) >= 11 is 9.59. The third-order valence-corrected chi connectivity index (χ3v) is 4.14. The molecule has 3 rings (SSSR count). The smallest absolute Gasteiger partial charge is 0.0876 e. The highest BCUT2D eigenvalue weighted by Gasteiger charge is 2.05. The van der Waals surface area contributed by atoms with E-state index in [0.29, 0.717) is 6.54 Å². The van der Waals surface area contributed by atoms with Crippen molar-refractivity contribution in [2.45, 2.75) is 6.54 Å². The van der Waals surface area contributed by atoms with Gasteiger partial charge < -0.3 is 5.32 Å². The third kappa shape index (κ3) is 3.28. The van der Waals surface area contributed by atoms with Crippen LogP contribution in [0.5, 0.6) is 0 Å². The van der Waals surface area contributed by atoms with Gasteiger partial charge in [-0.2, -0.15) is 5.10 Å². The van der Waals surface area contributed by atoms with Crippen LogP contribution in [0.1, 0.15) is 5.56 Å². The van der Waals surface area contributed by atoms with Gasteiger partial charge in [-0.15, -0.1) is 0 Å². The topological polar surface area (TPSA) is 29.9 Å². The Hall–Kier alpha value is -1.78. The van der Waals surface area contributed by atoms with Crippen LogP contribution in [0.15, 0.2) is 65.4 Å². The van der Waals surface area contributed by atoms with E-state index in [9.17, 15) is 0 Å². The Labute approximate surface area is 136 Å². The largest absolute Gasteiger partial charge is 0.379 e. The number of hydrogen-bond acceptors (Lipinski definition) is 2. The van der Waals surface area contributed by atoms with Crippen LogP contribution in [0, 0.1) is 0 Å². The molecule has 0 saturated carbocycles. The van der Waals surface area contributed by atoms with Crippen LogP contribution in [-0.2, 0) is 6.54 Å². The first kappa shape index (κ1) is 14.2. The lowest BCUT2D eigenvalue weighted by molar-refractivity contribution is 0.879. The van der Waals surface area contributed by atoms with E-state index in [4.69, 9.17) is 11.6 Å². The predicted molar refractivity (Wildman–Crippen MR) is 90.0 cm³/mol. The molecule has 0 atom stereocenters. The monoisotopic (exact) mass is 361 g/mol. The molecule has 106 valence electrons.